The predicted octanol–water partition coefficient (Wildman–Crippen LogP) is 8.41. The summed E-state index contributed by atoms with van der Waals surface area (Å²) in [6, 6.07) is 40.1. The van der Waals surface area contributed by atoms with E-state index in [1.807, 2.05) is 91.7 Å². The fraction of sp³-hybridized carbons (Fsp3) is 0.265. The van der Waals surface area contributed by atoms with Crippen LogP contribution in [0.1, 0.15) is 74.3 Å². The molecule has 0 aliphatic carbocycles. The highest BCUT2D eigenvalue weighted by Gasteiger charge is 2.50. The molecule has 0 saturated heterocycles. The van der Waals surface area contributed by atoms with Crippen LogP contribution in [-0.2, 0) is 17.5 Å². The van der Waals surface area contributed by atoms with E-state index in [0.29, 0.717) is 36.8 Å². The predicted molar refractivity (Wildman–Crippen MR) is 237 cm³/mol. The first-order valence-corrected chi connectivity index (χ1v) is 22.5. The molecule has 8 rings (SSSR count). The molecule has 4 aromatic carbocycles. The summed E-state index contributed by atoms with van der Waals surface area (Å²) in [7, 11) is -2.89. The van der Waals surface area contributed by atoms with Gasteiger partial charge in [-0.25, -0.2) is 9.78 Å². The number of nitrogens with zero attached hydrogens (tertiary/aromatic N) is 3. The molecule has 0 radical (unpaired) electrons. The SMILES string of the molecule is CC(C)NC(=O)N1Cc2cc(C(=O)NCc3ccc4c(c3)OCO4)nc(-c3cccc(-c4cccnc4)c3)c2[C@H]1CCO[Si](c1ccccc1)(c1ccccc1)C(C)(C)C. The van der Waals surface area contributed by atoms with Gasteiger partial charge in [-0.05, 0) is 82.7 Å². The van der Waals surface area contributed by atoms with Gasteiger partial charge in [0.25, 0.3) is 14.2 Å². The number of pyridine rings is 2. The minimum Gasteiger partial charge on any atom is -0.454 e. The van der Waals surface area contributed by atoms with Gasteiger partial charge in [-0.3, -0.25) is 9.78 Å². The normalized spacial score (nSPS) is 14.6. The first-order valence-electron chi connectivity index (χ1n) is 20.6. The highest BCUT2D eigenvalue weighted by Crippen LogP contribution is 2.44. The molecule has 0 saturated carbocycles. The molecular weight excluding hydrogens is 767 g/mol. The molecule has 2 N–H and O–H groups in total. The number of carbonyl (C=O) groups excluding carboxylic acids is 2. The van der Waals surface area contributed by atoms with Crippen molar-refractivity contribution >= 4 is 30.6 Å². The van der Waals surface area contributed by atoms with Crippen LogP contribution in [0.3, 0.4) is 0 Å². The number of hydrogen-bond acceptors (Lipinski definition) is 7. The Hall–Kier alpha value is -6.30. The smallest absolute Gasteiger partial charge is 0.318 e. The molecule has 0 unspecified atom stereocenters. The van der Waals surface area contributed by atoms with Gasteiger partial charge in [-0.15, -0.1) is 0 Å². The van der Waals surface area contributed by atoms with Gasteiger partial charge in [0, 0.05) is 54.8 Å². The van der Waals surface area contributed by atoms with Crippen LogP contribution < -0.4 is 30.5 Å². The molecule has 11 heteroatoms. The first kappa shape index (κ1) is 40.5. The Balaban J connectivity index is 1.20. The topological polar surface area (TPSA) is 115 Å². The van der Waals surface area contributed by atoms with E-state index in [9.17, 15) is 9.59 Å². The minimum atomic E-state index is -2.89. The van der Waals surface area contributed by atoms with E-state index < -0.39 is 14.4 Å². The average Bonchev–Trinajstić information content (AvgIpc) is 3.89. The molecule has 0 bridgehead atoms. The number of carbonyl (C=O) groups is 2. The van der Waals surface area contributed by atoms with Crippen LogP contribution in [0.2, 0.25) is 5.04 Å². The summed E-state index contributed by atoms with van der Waals surface area (Å²) in [5.74, 6) is 1.01. The monoisotopic (exact) mass is 817 g/mol. The first-order chi connectivity index (χ1) is 29.0. The summed E-state index contributed by atoms with van der Waals surface area (Å²) in [5, 5.41) is 8.37. The van der Waals surface area contributed by atoms with Gasteiger partial charge in [-0.1, -0.05) is 112 Å². The molecule has 3 amide bonds. The number of amides is 3. The van der Waals surface area contributed by atoms with Crippen molar-refractivity contribution in [1.82, 2.24) is 25.5 Å². The lowest BCUT2D eigenvalue weighted by molar-refractivity contribution is 0.0945. The average molecular weight is 818 g/mol. The van der Waals surface area contributed by atoms with Crippen LogP contribution >= 0.6 is 0 Å². The summed E-state index contributed by atoms with van der Waals surface area (Å²) in [6.45, 7) is 11.9. The van der Waals surface area contributed by atoms with E-state index in [2.05, 4.69) is 91.0 Å². The Morgan fingerprint density at radius 3 is 2.22 bits per heavy atom. The van der Waals surface area contributed by atoms with E-state index in [-0.39, 0.29) is 42.1 Å². The van der Waals surface area contributed by atoms with Gasteiger partial charge in [0.15, 0.2) is 11.5 Å². The Morgan fingerprint density at radius 1 is 0.833 bits per heavy atom. The van der Waals surface area contributed by atoms with Crippen molar-refractivity contribution in [3.63, 3.8) is 0 Å². The summed E-state index contributed by atoms with van der Waals surface area (Å²) >= 11 is 0. The van der Waals surface area contributed by atoms with Gasteiger partial charge in [0.1, 0.15) is 5.69 Å². The van der Waals surface area contributed by atoms with E-state index in [4.69, 9.17) is 18.9 Å². The maximum Gasteiger partial charge on any atom is 0.318 e. The van der Waals surface area contributed by atoms with Crippen LogP contribution in [0.15, 0.2) is 134 Å². The lowest BCUT2D eigenvalue weighted by Crippen LogP contribution is -2.66. The molecule has 306 valence electrons. The van der Waals surface area contributed by atoms with E-state index in [1.165, 1.54) is 10.4 Å². The molecular formula is C49H51N5O5Si. The number of ether oxygens (including phenoxy) is 2. The fourth-order valence-corrected chi connectivity index (χ4v) is 13.1. The quantitative estimate of drug-likeness (QED) is 0.119. The van der Waals surface area contributed by atoms with E-state index >= 15 is 0 Å². The van der Waals surface area contributed by atoms with Crippen LogP contribution in [-0.4, -0.2) is 54.6 Å². The highest BCUT2D eigenvalue weighted by atomic mass is 28.4. The van der Waals surface area contributed by atoms with Crippen molar-refractivity contribution in [3.05, 3.63) is 156 Å². The maximum absolute atomic E-state index is 14.2. The molecule has 2 aliphatic heterocycles. The van der Waals surface area contributed by atoms with Gasteiger partial charge in [-0.2, -0.15) is 0 Å². The highest BCUT2D eigenvalue weighted by molar-refractivity contribution is 6.99. The molecule has 10 nitrogen and oxygen atoms in total. The van der Waals surface area contributed by atoms with Crippen molar-refractivity contribution in [3.8, 4) is 33.9 Å². The minimum absolute atomic E-state index is 0.0819. The fourth-order valence-electron chi connectivity index (χ4n) is 8.53. The number of urea groups is 1. The Bertz CT molecular complexity index is 2440. The summed E-state index contributed by atoms with van der Waals surface area (Å²) in [6.07, 6.45) is 4.10. The zero-order valence-electron chi connectivity index (χ0n) is 34.8. The van der Waals surface area contributed by atoms with Crippen molar-refractivity contribution < 1.29 is 23.5 Å². The molecule has 2 aliphatic rings. The number of benzene rings is 4. The van der Waals surface area contributed by atoms with Gasteiger partial charge >= 0.3 is 6.03 Å². The molecule has 0 fully saturated rings. The summed E-state index contributed by atoms with van der Waals surface area (Å²) in [5.41, 5.74) is 6.34. The standard InChI is InChI=1S/C49H51N5O5Si/c1-33(2)52-48(56)54-31-38-28-41(47(55)51-29-34-21-22-43-44(26-34)58-32-57-43)53-46(36-15-12-14-35(27-36)37-16-13-24-50-30-37)45(38)42(54)23-25-59-60(49(3,4)5,39-17-8-6-9-18-39)40-19-10-7-11-20-40/h6-22,24,26-28,30,33,42H,23,25,29,31-32H2,1-5H3,(H,51,55)(H,52,56)/t42-/m1/s1. The zero-order chi connectivity index (χ0) is 41.9. The van der Waals surface area contributed by atoms with Gasteiger partial charge in [0.2, 0.25) is 6.79 Å². The number of aromatic nitrogens is 2. The Labute approximate surface area is 353 Å². The molecule has 6 aromatic rings. The number of fused-ring (bicyclic) bond motifs is 2. The van der Waals surface area contributed by atoms with Crippen LogP contribution in [0, 0.1) is 0 Å². The number of hydrogen-bond donors (Lipinski definition) is 2. The second-order valence-corrected chi connectivity index (χ2v) is 21.0. The molecule has 1 atom stereocenters. The Morgan fingerprint density at radius 2 is 1.53 bits per heavy atom. The maximum atomic E-state index is 14.2. The van der Waals surface area contributed by atoms with Gasteiger partial charge in [0.05, 0.1) is 11.7 Å². The molecule has 0 spiro atoms. The largest absolute Gasteiger partial charge is 0.454 e. The van der Waals surface area contributed by atoms with Gasteiger partial charge < -0.3 is 29.4 Å². The number of nitrogens with one attached hydrogen (secondary N) is 2. The molecule has 60 heavy (non-hydrogen) atoms. The molecule has 4 heterocycles. The number of rotatable bonds is 12. The van der Waals surface area contributed by atoms with Crippen LogP contribution in [0.25, 0.3) is 22.4 Å². The lowest BCUT2D eigenvalue weighted by Gasteiger charge is -2.43. The summed E-state index contributed by atoms with van der Waals surface area (Å²) in [4.78, 5) is 39.7. The van der Waals surface area contributed by atoms with Crippen molar-refractivity contribution in [2.45, 2.75) is 71.3 Å². The third-order valence-corrected chi connectivity index (χ3v) is 16.3. The third kappa shape index (κ3) is 8.15. The molecule has 2 aromatic heterocycles. The summed E-state index contributed by atoms with van der Waals surface area (Å²) < 4.78 is 18.4. The third-order valence-electron chi connectivity index (χ3n) is 11.2. The van der Waals surface area contributed by atoms with Crippen molar-refractivity contribution in [1.29, 1.82) is 0 Å². The van der Waals surface area contributed by atoms with Crippen molar-refractivity contribution in [2.75, 3.05) is 13.4 Å². The van der Waals surface area contributed by atoms with Crippen LogP contribution in [0.5, 0.6) is 11.5 Å². The lowest BCUT2D eigenvalue weighted by atomic mass is 9.94. The second-order valence-electron chi connectivity index (χ2n) is 16.7. The Kier molecular flexibility index (Phi) is 11.5. The van der Waals surface area contributed by atoms with E-state index in [0.717, 1.165) is 33.4 Å². The van der Waals surface area contributed by atoms with Crippen molar-refractivity contribution in [2.24, 2.45) is 0 Å². The zero-order valence-corrected chi connectivity index (χ0v) is 35.8. The van der Waals surface area contributed by atoms with E-state index in [1.54, 1.807) is 6.20 Å². The van der Waals surface area contributed by atoms with Crippen LogP contribution in [0.4, 0.5) is 4.79 Å². The second kappa shape index (κ2) is 17.1.